The van der Waals surface area contributed by atoms with Crippen LogP contribution in [0.3, 0.4) is 0 Å². The van der Waals surface area contributed by atoms with E-state index in [9.17, 15) is 0 Å². The molecule has 0 spiro atoms. The first-order valence-corrected chi connectivity index (χ1v) is 5.46. The van der Waals surface area contributed by atoms with Crippen molar-refractivity contribution in [1.82, 2.24) is 0 Å². The highest BCUT2D eigenvalue weighted by Crippen LogP contribution is 2.32. The molecule has 0 amide bonds. The van der Waals surface area contributed by atoms with Crippen LogP contribution in [-0.2, 0) is 0 Å². The van der Waals surface area contributed by atoms with Gasteiger partial charge in [0.2, 0.25) is 0 Å². The number of benzene rings is 1. The van der Waals surface area contributed by atoms with E-state index in [0.717, 1.165) is 17.1 Å². The van der Waals surface area contributed by atoms with Crippen LogP contribution < -0.4 is 9.47 Å². The second kappa shape index (κ2) is 7.92. The molecule has 0 aliphatic carbocycles. The Labute approximate surface area is 92.5 Å². The van der Waals surface area contributed by atoms with Crippen LogP contribution >= 0.6 is 0 Å². The Bertz CT molecular complexity index is 303. The molecule has 0 aromatic heterocycles. The zero-order valence-electron chi connectivity index (χ0n) is 10.2. The molecule has 0 saturated carbocycles. The predicted molar refractivity (Wildman–Crippen MR) is 64.3 cm³/mol. The minimum absolute atomic E-state index is 0.785. The lowest BCUT2D eigenvalue weighted by molar-refractivity contribution is 0.359. The normalized spacial score (nSPS) is 10.5. The van der Waals surface area contributed by atoms with Crippen LogP contribution in [-0.4, -0.2) is 0 Å². The lowest BCUT2D eigenvalue weighted by Crippen LogP contribution is -1.97. The van der Waals surface area contributed by atoms with Gasteiger partial charge in [-0.1, -0.05) is 39.8 Å². The molecule has 1 aromatic carbocycles. The van der Waals surface area contributed by atoms with Crippen molar-refractivity contribution in [3.8, 4) is 11.5 Å². The lowest BCUT2D eigenvalue weighted by atomic mass is 10.2. The molecule has 1 aliphatic heterocycles. The molecule has 84 valence electrons. The second-order valence-electron chi connectivity index (χ2n) is 2.41. The Morgan fingerprint density at radius 3 is 2.07 bits per heavy atom. The number of hydrogen-bond donors (Lipinski definition) is 0. The summed E-state index contributed by atoms with van der Waals surface area (Å²) in [6.07, 6.45) is 3.07. The maximum atomic E-state index is 5.25. The van der Waals surface area contributed by atoms with Gasteiger partial charge >= 0.3 is 0 Å². The summed E-state index contributed by atoms with van der Waals surface area (Å²) in [7, 11) is 0. The van der Waals surface area contributed by atoms with Crippen molar-refractivity contribution in [3.63, 3.8) is 0 Å². The van der Waals surface area contributed by atoms with Crippen molar-refractivity contribution in [1.29, 1.82) is 0 Å². The maximum Gasteiger partial charge on any atom is 0.172 e. The fourth-order valence-electron chi connectivity index (χ4n) is 1.07. The molecule has 2 nitrogen and oxygen atoms in total. The average Bonchev–Trinajstić information content (AvgIpc) is 2.35. The maximum absolute atomic E-state index is 5.25. The first-order chi connectivity index (χ1) is 7.38. The van der Waals surface area contributed by atoms with E-state index in [4.69, 9.17) is 9.47 Å². The Hall–Kier alpha value is -1.44. The Morgan fingerprint density at radius 1 is 0.867 bits per heavy atom. The third kappa shape index (κ3) is 3.66. The van der Waals surface area contributed by atoms with Gasteiger partial charge in [-0.25, -0.2) is 0 Å². The third-order valence-corrected chi connectivity index (χ3v) is 1.61. The third-order valence-electron chi connectivity index (χ3n) is 1.61. The van der Waals surface area contributed by atoms with Gasteiger partial charge in [-0.3, -0.25) is 0 Å². The van der Waals surface area contributed by atoms with E-state index in [-0.39, 0.29) is 0 Å². The van der Waals surface area contributed by atoms with E-state index in [1.54, 1.807) is 0 Å². The van der Waals surface area contributed by atoms with Gasteiger partial charge in [0.15, 0.2) is 11.5 Å². The number of ether oxygens (including phenoxy) is 2. The van der Waals surface area contributed by atoms with E-state index in [1.807, 2.05) is 52.8 Å². The van der Waals surface area contributed by atoms with Gasteiger partial charge in [-0.15, -0.1) is 0 Å². The zero-order valence-corrected chi connectivity index (χ0v) is 10.2. The highest BCUT2D eigenvalue weighted by atomic mass is 16.5. The van der Waals surface area contributed by atoms with Crippen molar-refractivity contribution >= 4 is 0 Å². The molecule has 1 heterocycles. The Kier molecular flexibility index (Phi) is 7.16. The van der Waals surface area contributed by atoms with Gasteiger partial charge < -0.3 is 9.47 Å². The van der Waals surface area contributed by atoms with Gasteiger partial charge in [-0.05, 0) is 18.6 Å². The highest BCUT2D eigenvalue weighted by Gasteiger charge is 2.08. The van der Waals surface area contributed by atoms with Crippen LogP contribution in [0.15, 0.2) is 30.7 Å². The van der Waals surface area contributed by atoms with Crippen molar-refractivity contribution in [2.24, 2.45) is 0 Å². The molecule has 0 radical (unpaired) electrons. The van der Waals surface area contributed by atoms with Crippen LogP contribution in [0.4, 0.5) is 0 Å². The molecule has 2 heteroatoms. The Morgan fingerprint density at radius 2 is 1.47 bits per heavy atom. The number of fused-ring (bicyclic) bond motifs is 1. The quantitative estimate of drug-likeness (QED) is 0.633. The molecule has 0 unspecified atom stereocenters. The summed E-state index contributed by atoms with van der Waals surface area (Å²) in [5.74, 6) is 1.60. The van der Waals surface area contributed by atoms with Crippen molar-refractivity contribution < 1.29 is 9.47 Å². The monoisotopic (exact) mass is 208 g/mol. The summed E-state index contributed by atoms with van der Waals surface area (Å²) in [6, 6.07) is 5.81. The second-order valence-corrected chi connectivity index (χ2v) is 2.41. The van der Waals surface area contributed by atoms with Crippen molar-refractivity contribution in [2.75, 3.05) is 0 Å². The highest BCUT2D eigenvalue weighted by molar-refractivity contribution is 5.47. The van der Waals surface area contributed by atoms with Crippen molar-refractivity contribution in [2.45, 2.75) is 34.6 Å². The number of rotatable bonds is 0. The summed E-state index contributed by atoms with van der Waals surface area (Å²) in [5, 5.41) is 0. The smallest absolute Gasteiger partial charge is 0.172 e. The molecule has 0 atom stereocenters. The molecule has 1 aliphatic rings. The van der Waals surface area contributed by atoms with E-state index in [0.29, 0.717) is 0 Å². The summed E-state index contributed by atoms with van der Waals surface area (Å²) in [4.78, 5) is 0. The van der Waals surface area contributed by atoms with Crippen LogP contribution in [0.5, 0.6) is 11.5 Å². The molecular formula is C13H20O2. The van der Waals surface area contributed by atoms with Gasteiger partial charge in [0.05, 0.1) is 0 Å². The molecule has 1 aromatic rings. The molecule has 2 rings (SSSR count). The SMILES string of the molecule is CC.CC.Cc1cccc2c1OC=CO2. The topological polar surface area (TPSA) is 18.5 Å². The van der Waals surface area contributed by atoms with Crippen LogP contribution in [0.2, 0.25) is 0 Å². The minimum atomic E-state index is 0.785. The predicted octanol–water partition coefficient (Wildman–Crippen LogP) is 4.29. The molecule has 0 N–H and O–H groups in total. The van der Waals surface area contributed by atoms with E-state index < -0.39 is 0 Å². The Balaban J connectivity index is 0.000000442. The molecule has 15 heavy (non-hydrogen) atoms. The number of para-hydroxylation sites is 1. The first-order valence-electron chi connectivity index (χ1n) is 5.46. The molecular weight excluding hydrogens is 188 g/mol. The molecule has 0 bridgehead atoms. The fourth-order valence-corrected chi connectivity index (χ4v) is 1.07. The average molecular weight is 208 g/mol. The fraction of sp³-hybridized carbons (Fsp3) is 0.385. The molecule has 0 saturated heterocycles. The van der Waals surface area contributed by atoms with E-state index >= 15 is 0 Å². The largest absolute Gasteiger partial charge is 0.458 e. The summed E-state index contributed by atoms with van der Waals surface area (Å²) in [5.41, 5.74) is 1.09. The van der Waals surface area contributed by atoms with Gasteiger partial charge in [0, 0.05) is 0 Å². The number of aryl methyl sites for hydroxylation is 1. The van der Waals surface area contributed by atoms with Gasteiger partial charge in [-0.2, -0.15) is 0 Å². The van der Waals surface area contributed by atoms with Crippen molar-refractivity contribution in [3.05, 3.63) is 36.3 Å². The van der Waals surface area contributed by atoms with Gasteiger partial charge in [0.1, 0.15) is 12.5 Å². The van der Waals surface area contributed by atoms with Crippen LogP contribution in [0.25, 0.3) is 0 Å². The first kappa shape index (κ1) is 13.6. The van der Waals surface area contributed by atoms with Crippen LogP contribution in [0, 0.1) is 6.92 Å². The van der Waals surface area contributed by atoms with Gasteiger partial charge in [0.25, 0.3) is 0 Å². The van der Waals surface area contributed by atoms with E-state index in [1.165, 1.54) is 12.5 Å². The lowest BCUT2D eigenvalue weighted by Gasteiger charge is -2.13. The summed E-state index contributed by atoms with van der Waals surface area (Å²) >= 11 is 0. The van der Waals surface area contributed by atoms with Crippen LogP contribution in [0.1, 0.15) is 33.3 Å². The molecule has 0 fully saturated rings. The van der Waals surface area contributed by atoms with E-state index in [2.05, 4.69) is 0 Å². The minimum Gasteiger partial charge on any atom is -0.458 e. The summed E-state index contributed by atoms with van der Waals surface area (Å²) in [6.45, 7) is 9.99. The number of hydrogen-bond acceptors (Lipinski definition) is 2. The zero-order chi connectivity index (χ0) is 11.7. The standard InChI is InChI=1S/C9H8O2.2C2H6/c1-7-3-2-4-8-9(7)11-6-5-10-8;2*1-2/h2-6H,1H3;2*1-2H3. The summed E-state index contributed by atoms with van der Waals surface area (Å²) < 4.78 is 10.4.